The topological polar surface area (TPSA) is 188 Å². The Morgan fingerprint density at radius 3 is 2.30 bits per heavy atom. The van der Waals surface area contributed by atoms with Crippen LogP contribution in [0, 0.1) is 19.7 Å². The second-order valence-corrected chi connectivity index (χ2v) is 22.0. The number of hydrogen-bond acceptors (Lipinski definition) is 18. The van der Waals surface area contributed by atoms with Crippen LogP contribution in [0.5, 0.6) is 28.9 Å². The van der Waals surface area contributed by atoms with Crippen LogP contribution in [-0.2, 0) is 41.5 Å². The van der Waals surface area contributed by atoms with Crippen molar-refractivity contribution in [2.24, 2.45) is 0 Å². The fourth-order valence-electron chi connectivity index (χ4n) is 10.5. The van der Waals surface area contributed by atoms with E-state index in [-0.39, 0.29) is 60.0 Å². The molecule has 5 aliphatic rings. The number of halogens is 3. The van der Waals surface area contributed by atoms with Gasteiger partial charge in [-0.05, 0) is 104 Å². The third-order valence-corrected chi connectivity index (χ3v) is 16.9. The van der Waals surface area contributed by atoms with Crippen molar-refractivity contribution in [2.75, 3.05) is 93.1 Å². The molecule has 18 nitrogen and oxygen atoms in total. The molecule has 81 heavy (non-hydrogen) atoms. The van der Waals surface area contributed by atoms with Gasteiger partial charge in [0.05, 0.1) is 54.2 Å². The number of ether oxygens (including phenoxy) is 10. The Kier molecular flexibility index (Phi) is 17.8. The van der Waals surface area contributed by atoms with Crippen molar-refractivity contribution in [1.29, 1.82) is 0 Å². The highest BCUT2D eigenvalue weighted by Gasteiger charge is 2.48. The SMILES string of the molecule is CO[C@@H]1CO[C@H]2[C@@H]1OC[C@H]2OCCOCCOc1ccc(-c2nccc(COc3ccc4cc3C[C@H](C(=O)O)Oc3ncnc5sc(-c6ccc(F)cc6)c(c35)-c3c(C)c(Cl)c(c(Cl)c3C)O[C@H](CN3CCN(C)CC3)CO4)n2)cc1. The number of carboxylic acid groups (broad SMARTS) is 1. The number of methoxy groups -OCH3 is 1. The number of carboxylic acids is 1. The Morgan fingerprint density at radius 2 is 1.54 bits per heavy atom. The minimum Gasteiger partial charge on any atom is -0.491 e. The first-order chi connectivity index (χ1) is 39.4. The van der Waals surface area contributed by atoms with Crippen molar-refractivity contribution < 1.29 is 61.7 Å². The van der Waals surface area contributed by atoms with Crippen molar-refractivity contribution in [3.63, 3.8) is 0 Å². The minimum absolute atomic E-state index is 0.0130. The van der Waals surface area contributed by atoms with Gasteiger partial charge in [0.25, 0.3) is 0 Å². The van der Waals surface area contributed by atoms with Gasteiger partial charge in [-0.1, -0.05) is 35.3 Å². The molecule has 7 aromatic rings. The molecule has 0 radical (unpaired) electrons. The number of likely N-dealkylation sites (N-methyl/N-ethyl adjacent to an activating group) is 1. The summed E-state index contributed by atoms with van der Waals surface area (Å²) in [4.78, 5) is 37.8. The second kappa shape index (κ2) is 25.5. The van der Waals surface area contributed by atoms with Gasteiger partial charge in [-0.2, -0.15) is 0 Å². The summed E-state index contributed by atoms with van der Waals surface area (Å²) >= 11 is 16.0. The van der Waals surface area contributed by atoms with Crippen LogP contribution in [-0.4, -0.2) is 171 Å². The van der Waals surface area contributed by atoms with Gasteiger partial charge in [0, 0.05) is 74.0 Å². The molecule has 4 bridgehead atoms. The van der Waals surface area contributed by atoms with E-state index in [0.717, 1.165) is 31.7 Å². The molecule has 6 atom stereocenters. The highest BCUT2D eigenvalue weighted by Crippen LogP contribution is 2.53. The molecule has 3 aromatic heterocycles. The number of benzene rings is 4. The van der Waals surface area contributed by atoms with Crippen LogP contribution in [0.15, 0.2) is 85.3 Å². The van der Waals surface area contributed by atoms with Crippen LogP contribution >= 0.6 is 34.5 Å². The molecule has 0 amide bonds. The molecule has 0 saturated carbocycles. The normalized spacial score (nSPS) is 21.3. The van der Waals surface area contributed by atoms with Gasteiger partial charge in [0.2, 0.25) is 12.0 Å². The first-order valence-corrected chi connectivity index (χ1v) is 28.3. The lowest BCUT2D eigenvalue weighted by molar-refractivity contribution is -0.145. The summed E-state index contributed by atoms with van der Waals surface area (Å²) in [7, 11) is 3.76. The zero-order chi connectivity index (χ0) is 56.1. The van der Waals surface area contributed by atoms with Crippen LogP contribution in [0.1, 0.15) is 22.4 Å². The number of nitrogens with zero attached hydrogens (tertiary/aromatic N) is 6. The molecule has 426 valence electrons. The van der Waals surface area contributed by atoms with E-state index in [1.807, 2.05) is 38.1 Å². The number of piperazine rings is 1. The maximum Gasteiger partial charge on any atom is 0.345 e. The third-order valence-electron chi connectivity index (χ3n) is 14.9. The van der Waals surface area contributed by atoms with E-state index < -0.39 is 24.0 Å². The average molecular weight is 1170 g/mol. The summed E-state index contributed by atoms with van der Waals surface area (Å²) in [6, 6.07) is 20.6. The van der Waals surface area contributed by atoms with Gasteiger partial charge in [0.1, 0.15) is 84.6 Å². The number of aliphatic carboxylic acids is 1. The number of thiophene rings is 1. The Bertz CT molecular complexity index is 3330. The lowest BCUT2D eigenvalue weighted by Gasteiger charge is -2.35. The molecule has 12 rings (SSSR count). The Morgan fingerprint density at radius 1 is 0.815 bits per heavy atom. The Labute approximate surface area is 481 Å². The van der Waals surface area contributed by atoms with Gasteiger partial charge < -0.3 is 57.4 Å². The van der Waals surface area contributed by atoms with E-state index >= 15 is 0 Å². The standard InChI is InChI=1S/C59H61Cl2FN6O12S/c1-33-47-34(2)51(61)54(50(33)60)79-42(27-68-19-17-67(3)18-20-68)29-75-41-13-14-43(37(25-41)26-44(59(69)70)80-57-49-48(47)55(81-58(49)65-32-64-57)35-5-9-38(62)10-6-35)76-28-39-15-16-63-56(66-39)36-7-11-40(12-8-36)73-23-21-72-22-24-74-46-31-78-52-45(71-4)30-77-53(46)52/h5-16,25,32,42,44-46,52-53H,17-24,26-31H2,1-4H3,(H,69,70)/t42-,44-,45-,46-,52-,53-/m1/s1. The number of rotatable bonds is 17. The van der Waals surface area contributed by atoms with Gasteiger partial charge in [-0.25, -0.2) is 29.1 Å². The number of hydrogen-bond donors (Lipinski definition) is 1. The van der Waals surface area contributed by atoms with Crippen LogP contribution in [0.4, 0.5) is 4.39 Å². The van der Waals surface area contributed by atoms with E-state index in [9.17, 15) is 14.3 Å². The highest BCUT2D eigenvalue weighted by atomic mass is 35.5. The smallest absolute Gasteiger partial charge is 0.345 e. The van der Waals surface area contributed by atoms with Gasteiger partial charge >= 0.3 is 5.97 Å². The maximum absolute atomic E-state index is 14.5. The summed E-state index contributed by atoms with van der Waals surface area (Å²) in [6.45, 7) is 10.3. The zero-order valence-electron chi connectivity index (χ0n) is 45.1. The molecule has 1 N–H and O–H groups in total. The maximum atomic E-state index is 14.5. The molecule has 22 heteroatoms. The number of aromatic nitrogens is 4. The zero-order valence-corrected chi connectivity index (χ0v) is 47.4. The Hall–Kier alpha value is -6.30. The van der Waals surface area contributed by atoms with Crippen molar-refractivity contribution in [3.8, 4) is 61.8 Å². The third kappa shape index (κ3) is 12.7. The van der Waals surface area contributed by atoms with E-state index in [0.29, 0.717) is 129 Å². The largest absolute Gasteiger partial charge is 0.491 e. The van der Waals surface area contributed by atoms with Crippen molar-refractivity contribution in [2.45, 2.75) is 63.5 Å². The van der Waals surface area contributed by atoms with Crippen LogP contribution in [0.3, 0.4) is 0 Å². The molecule has 0 aliphatic carbocycles. The lowest BCUT2D eigenvalue weighted by atomic mass is 9.92. The van der Waals surface area contributed by atoms with Gasteiger partial charge in [0.15, 0.2) is 11.6 Å². The van der Waals surface area contributed by atoms with Crippen LogP contribution in [0.25, 0.3) is 43.2 Å². The summed E-state index contributed by atoms with van der Waals surface area (Å²) in [5, 5.41) is 12.0. The molecular weight excluding hydrogens is 1110 g/mol. The van der Waals surface area contributed by atoms with Gasteiger partial charge in [-0.3, -0.25) is 4.90 Å². The quantitative estimate of drug-likeness (QED) is 0.0849. The van der Waals surface area contributed by atoms with Crippen LogP contribution < -0.4 is 23.7 Å². The minimum atomic E-state index is -1.49. The monoisotopic (exact) mass is 1170 g/mol. The second-order valence-electron chi connectivity index (χ2n) is 20.3. The first-order valence-electron chi connectivity index (χ1n) is 26.8. The summed E-state index contributed by atoms with van der Waals surface area (Å²) in [6.07, 6.45) is 0.323. The molecule has 0 spiro atoms. The average Bonchev–Trinajstić information content (AvgIpc) is 4.39. The predicted molar refractivity (Wildman–Crippen MR) is 302 cm³/mol. The molecule has 3 fully saturated rings. The molecular formula is C59H61Cl2FN6O12S. The van der Waals surface area contributed by atoms with E-state index in [1.54, 1.807) is 49.7 Å². The molecule has 3 saturated heterocycles. The van der Waals surface area contributed by atoms with Crippen molar-refractivity contribution in [3.05, 3.63) is 124 Å². The highest BCUT2D eigenvalue weighted by molar-refractivity contribution is 7.22. The lowest BCUT2D eigenvalue weighted by Crippen LogP contribution is -2.49. The number of fused-ring (bicyclic) bond motifs is 8. The summed E-state index contributed by atoms with van der Waals surface area (Å²) < 4.78 is 75.6. The molecule has 0 unspecified atom stereocenters. The van der Waals surface area contributed by atoms with Crippen molar-refractivity contribution >= 4 is 50.7 Å². The van der Waals surface area contributed by atoms with E-state index in [2.05, 4.69) is 31.8 Å². The molecule has 8 heterocycles. The van der Waals surface area contributed by atoms with E-state index in [1.165, 1.54) is 29.8 Å². The fourth-order valence-corrected chi connectivity index (χ4v) is 12.2. The summed E-state index contributed by atoms with van der Waals surface area (Å²) in [5.74, 6) is 0.610. The van der Waals surface area contributed by atoms with Crippen LogP contribution in [0.2, 0.25) is 10.0 Å². The van der Waals surface area contributed by atoms with Crippen molar-refractivity contribution in [1.82, 2.24) is 29.7 Å². The fraction of sp³-hybridized carbons (Fsp3) is 0.407. The first kappa shape index (κ1) is 56.6. The predicted octanol–water partition coefficient (Wildman–Crippen LogP) is 9.18. The molecule has 5 aliphatic heterocycles. The van der Waals surface area contributed by atoms with E-state index in [4.69, 9.17) is 75.6 Å². The number of carbonyl (C=O) groups is 1. The Balaban J connectivity index is 0.830. The molecule has 4 aromatic carbocycles. The van der Waals surface area contributed by atoms with Gasteiger partial charge in [-0.15, -0.1) is 11.3 Å². The summed E-state index contributed by atoms with van der Waals surface area (Å²) in [5.41, 5.74) is 5.03.